The molecular formula is C15H13N7OS. The second kappa shape index (κ2) is 5.90. The van der Waals surface area contributed by atoms with Crippen LogP contribution in [0.5, 0.6) is 0 Å². The fourth-order valence-corrected chi connectivity index (χ4v) is 3.61. The minimum atomic E-state index is -0.166. The number of nitriles is 1. The van der Waals surface area contributed by atoms with Gasteiger partial charge in [-0.15, -0.1) is 0 Å². The van der Waals surface area contributed by atoms with Crippen LogP contribution >= 0.6 is 11.3 Å². The van der Waals surface area contributed by atoms with Crippen LogP contribution in [0.25, 0.3) is 15.9 Å². The molecule has 1 N–H and O–H groups in total. The molecule has 2 aromatic heterocycles. The molecule has 3 aromatic rings. The van der Waals surface area contributed by atoms with Gasteiger partial charge in [0, 0.05) is 13.1 Å². The van der Waals surface area contributed by atoms with E-state index in [2.05, 4.69) is 26.7 Å². The Morgan fingerprint density at radius 3 is 2.96 bits per heavy atom. The molecule has 0 radical (unpaired) electrons. The molecule has 1 amide bonds. The lowest BCUT2D eigenvalue weighted by Gasteiger charge is -2.08. The first-order valence-corrected chi connectivity index (χ1v) is 8.27. The quantitative estimate of drug-likeness (QED) is 0.728. The predicted octanol–water partition coefficient (Wildman–Crippen LogP) is 1.62. The van der Waals surface area contributed by atoms with Crippen LogP contribution in [-0.4, -0.2) is 43.9 Å². The predicted molar refractivity (Wildman–Crippen MR) is 88.5 cm³/mol. The molecule has 1 aliphatic heterocycles. The SMILES string of the molecule is N#CN1CC[C@H](C(=O)Nc2nc3ccc(-n4nccn4)cc3s2)C1. The van der Waals surface area contributed by atoms with E-state index in [1.165, 1.54) is 16.1 Å². The fourth-order valence-electron chi connectivity index (χ4n) is 2.71. The number of nitrogens with one attached hydrogen (secondary N) is 1. The zero-order chi connectivity index (χ0) is 16.5. The Morgan fingerprint density at radius 1 is 1.38 bits per heavy atom. The third-order valence-electron chi connectivity index (χ3n) is 3.95. The molecule has 4 rings (SSSR count). The molecule has 120 valence electrons. The molecular weight excluding hydrogens is 326 g/mol. The lowest BCUT2D eigenvalue weighted by Crippen LogP contribution is -2.25. The largest absolute Gasteiger partial charge is 0.310 e. The molecule has 24 heavy (non-hydrogen) atoms. The van der Waals surface area contributed by atoms with Crippen molar-refractivity contribution < 1.29 is 4.79 Å². The maximum Gasteiger partial charge on any atom is 0.231 e. The van der Waals surface area contributed by atoms with Gasteiger partial charge in [-0.05, 0) is 24.6 Å². The summed E-state index contributed by atoms with van der Waals surface area (Å²) in [6.45, 7) is 1.11. The second-order valence-corrected chi connectivity index (χ2v) is 6.54. The molecule has 1 aromatic carbocycles. The van der Waals surface area contributed by atoms with Crippen LogP contribution in [0.3, 0.4) is 0 Å². The van der Waals surface area contributed by atoms with E-state index in [1.807, 2.05) is 18.2 Å². The summed E-state index contributed by atoms with van der Waals surface area (Å²) in [6.07, 6.45) is 6.01. The maximum absolute atomic E-state index is 12.3. The van der Waals surface area contributed by atoms with E-state index in [0.29, 0.717) is 24.6 Å². The standard InChI is InChI=1S/C15H13N7OS/c16-9-21-6-3-10(8-21)14(23)20-15-19-12-2-1-11(7-13(12)24-15)22-17-4-5-18-22/h1-2,4-5,7,10H,3,6,8H2,(H,19,20,23)/t10-/m0/s1. The normalized spacial score (nSPS) is 17.1. The van der Waals surface area contributed by atoms with Crippen molar-refractivity contribution in [1.29, 1.82) is 5.26 Å². The highest BCUT2D eigenvalue weighted by atomic mass is 32.1. The van der Waals surface area contributed by atoms with Gasteiger partial charge in [-0.1, -0.05) is 11.3 Å². The highest BCUT2D eigenvalue weighted by Crippen LogP contribution is 2.28. The van der Waals surface area contributed by atoms with Crippen LogP contribution in [-0.2, 0) is 4.79 Å². The zero-order valence-electron chi connectivity index (χ0n) is 12.6. The summed E-state index contributed by atoms with van der Waals surface area (Å²) in [5.41, 5.74) is 1.66. The van der Waals surface area contributed by atoms with Crippen molar-refractivity contribution in [3.63, 3.8) is 0 Å². The highest BCUT2D eigenvalue weighted by molar-refractivity contribution is 7.22. The van der Waals surface area contributed by atoms with E-state index in [9.17, 15) is 4.79 Å². The molecule has 0 aliphatic carbocycles. The van der Waals surface area contributed by atoms with Crippen LogP contribution in [0.4, 0.5) is 5.13 Å². The van der Waals surface area contributed by atoms with Crippen LogP contribution in [0.1, 0.15) is 6.42 Å². The number of carbonyl (C=O) groups is 1. The maximum atomic E-state index is 12.3. The van der Waals surface area contributed by atoms with E-state index in [1.54, 1.807) is 17.3 Å². The average Bonchev–Trinajstić information content (AvgIpc) is 3.33. The Labute approximate surface area is 141 Å². The van der Waals surface area contributed by atoms with Crippen LogP contribution in [0, 0.1) is 17.4 Å². The van der Waals surface area contributed by atoms with Crippen molar-refractivity contribution in [2.45, 2.75) is 6.42 Å². The molecule has 3 heterocycles. The number of benzene rings is 1. The van der Waals surface area contributed by atoms with Crippen molar-refractivity contribution in [3.8, 4) is 11.9 Å². The summed E-state index contributed by atoms with van der Waals surface area (Å²) >= 11 is 1.41. The number of carbonyl (C=O) groups excluding carboxylic acids is 1. The average molecular weight is 339 g/mol. The number of likely N-dealkylation sites (tertiary alicyclic amines) is 1. The number of thiazole rings is 1. The Hall–Kier alpha value is -2.99. The third kappa shape index (κ3) is 2.68. The number of nitrogens with zero attached hydrogens (tertiary/aromatic N) is 6. The highest BCUT2D eigenvalue weighted by Gasteiger charge is 2.28. The summed E-state index contributed by atoms with van der Waals surface area (Å²) in [6, 6.07) is 5.71. The molecule has 1 saturated heterocycles. The topological polar surface area (TPSA) is 99.7 Å². The number of rotatable bonds is 3. The van der Waals surface area contributed by atoms with Crippen LogP contribution < -0.4 is 5.32 Å². The number of aromatic nitrogens is 4. The molecule has 8 nitrogen and oxygen atoms in total. The van der Waals surface area contributed by atoms with Gasteiger partial charge in [0.25, 0.3) is 0 Å². The van der Waals surface area contributed by atoms with Gasteiger partial charge in [0.1, 0.15) is 0 Å². The molecule has 0 spiro atoms. The molecule has 1 atom stereocenters. The molecule has 0 bridgehead atoms. The number of hydrogen-bond donors (Lipinski definition) is 1. The van der Waals surface area contributed by atoms with Gasteiger partial charge in [-0.3, -0.25) is 4.79 Å². The van der Waals surface area contributed by atoms with E-state index in [0.717, 1.165) is 15.9 Å². The molecule has 9 heteroatoms. The van der Waals surface area contributed by atoms with Crippen molar-refractivity contribution >= 4 is 32.6 Å². The number of hydrogen-bond acceptors (Lipinski definition) is 7. The van der Waals surface area contributed by atoms with Gasteiger partial charge >= 0.3 is 0 Å². The van der Waals surface area contributed by atoms with Crippen LogP contribution in [0.2, 0.25) is 0 Å². The number of fused-ring (bicyclic) bond motifs is 1. The van der Waals surface area contributed by atoms with Gasteiger partial charge in [0.15, 0.2) is 11.3 Å². The summed E-state index contributed by atoms with van der Waals surface area (Å²) in [5, 5.41) is 20.5. The Bertz CT molecular complexity index is 927. The van der Waals surface area contributed by atoms with Gasteiger partial charge in [-0.25, -0.2) is 4.98 Å². The minimum Gasteiger partial charge on any atom is -0.310 e. The number of anilines is 1. The monoisotopic (exact) mass is 339 g/mol. The summed E-state index contributed by atoms with van der Waals surface area (Å²) < 4.78 is 0.949. The lowest BCUT2D eigenvalue weighted by atomic mass is 10.1. The first kappa shape index (κ1) is 14.6. The summed E-state index contributed by atoms with van der Waals surface area (Å²) in [5.74, 6) is -0.249. The first-order chi connectivity index (χ1) is 11.7. The smallest absolute Gasteiger partial charge is 0.231 e. The Balaban J connectivity index is 1.53. The molecule has 0 unspecified atom stereocenters. The van der Waals surface area contributed by atoms with Crippen molar-refractivity contribution in [1.82, 2.24) is 24.9 Å². The fraction of sp³-hybridized carbons (Fsp3) is 0.267. The Morgan fingerprint density at radius 2 is 2.21 bits per heavy atom. The zero-order valence-corrected chi connectivity index (χ0v) is 13.4. The van der Waals surface area contributed by atoms with Crippen molar-refractivity contribution in [3.05, 3.63) is 30.6 Å². The van der Waals surface area contributed by atoms with Gasteiger partial charge in [-0.2, -0.15) is 20.3 Å². The second-order valence-electron chi connectivity index (χ2n) is 5.51. The molecule has 0 saturated carbocycles. The van der Waals surface area contributed by atoms with Gasteiger partial charge < -0.3 is 10.2 Å². The van der Waals surface area contributed by atoms with E-state index in [-0.39, 0.29) is 11.8 Å². The summed E-state index contributed by atoms with van der Waals surface area (Å²) in [4.78, 5) is 19.9. The third-order valence-corrected chi connectivity index (χ3v) is 4.89. The van der Waals surface area contributed by atoms with Gasteiger partial charge in [0.05, 0.1) is 34.2 Å². The first-order valence-electron chi connectivity index (χ1n) is 7.46. The lowest BCUT2D eigenvalue weighted by molar-refractivity contribution is -0.119. The minimum absolute atomic E-state index is 0.0826. The molecule has 1 aliphatic rings. The van der Waals surface area contributed by atoms with Crippen LogP contribution in [0.15, 0.2) is 30.6 Å². The van der Waals surface area contributed by atoms with Crippen molar-refractivity contribution in [2.75, 3.05) is 18.4 Å². The number of amides is 1. The van der Waals surface area contributed by atoms with E-state index in [4.69, 9.17) is 5.26 Å². The Kier molecular flexibility index (Phi) is 3.59. The van der Waals surface area contributed by atoms with Crippen molar-refractivity contribution in [2.24, 2.45) is 5.92 Å². The van der Waals surface area contributed by atoms with E-state index >= 15 is 0 Å². The van der Waals surface area contributed by atoms with Gasteiger partial charge in [0.2, 0.25) is 5.91 Å². The molecule has 1 fully saturated rings. The summed E-state index contributed by atoms with van der Waals surface area (Å²) in [7, 11) is 0. The van der Waals surface area contributed by atoms with E-state index < -0.39 is 0 Å².